The molecule has 4 unspecified atom stereocenters. The lowest BCUT2D eigenvalue weighted by molar-refractivity contribution is -0.182. The number of fused-ring (bicyclic) bond motifs is 5. The van der Waals surface area contributed by atoms with Crippen LogP contribution < -0.4 is 0 Å². The zero-order chi connectivity index (χ0) is 18.2. The lowest BCUT2D eigenvalue weighted by Crippen LogP contribution is -2.60. The minimum atomic E-state index is -1.25. The molecule has 4 rings (SSSR count). The fourth-order valence-corrected chi connectivity index (χ4v) is 7.44. The Balaban J connectivity index is 1.73. The van der Waals surface area contributed by atoms with Crippen molar-refractivity contribution in [3.63, 3.8) is 0 Å². The van der Waals surface area contributed by atoms with E-state index in [1.54, 1.807) is 0 Å². The van der Waals surface area contributed by atoms with Gasteiger partial charge >= 0.3 is 0 Å². The molecule has 4 aliphatic rings. The minimum Gasteiger partial charge on any atom is -0.393 e. The van der Waals surface area contributed by atoms with E-state index in [9.17, 15) is 15.3 Å². The van der Waals surface area contributed by atoms with E-state index in [0.29, 0.717) is 11.8 Å². The third-order valence-electron chi connectivity index (χ3n) is 9.06. The van der Waals surface area contributed by atoms with Gasteiger partial charge < -0.3 is 15.3 Å². The van der Waals surface area contributed by atoms with Gasteiger partial charge in [-0.1, -0.05) is 26.3 Å². The Bertz CT molecular complexity index is 636. The van der Waals surface area contributed by atoms with Gasteiger partial charge in [0.1, 0.15) is 0 Å². The number of aliphatic hydroxyl groups is 3. The van der Waals surface area contributed by atoms with Crippen molar-refractivity contribution in [3.8, 4) is 12.3 Å². The summed E-state index contributed by atoms with van der Waals surface area (Å²) in [7, 11) is 0. The van der Waals surface area contributed by atoms with E-state index in [4.69, 9.17) is 6.42 Å². The number of rotatable bonds is 0. The van der Waals surface area contributed by atoms with E-state index in [0.717, 1.165) is 50.5 Å². The van der Waals surface area contributed by atoms with E-state index in [1.807, 2.05) is 0 Å². The molecular formula is C22H32O3. The van der Waals surface area contributed by atoms with Gasteiger partial charge in [-0.15, -0.1) is 6.42 Å². The molecule has 4 saturated carbocycles. The quantitative estimate of drug-likeness (QED) is 0.468. The van der Waals surface area contributed by atoms with E-state index >= 15 is 0 Å². The van der Waals surface area contributed by atoms with Crippen LogP contribution in [0, 0.1) is 46.8 Å². The zero-order valence-corrected chi connectivity index (χ0v) is 15.5. The highest BCUT2D eigenvalue weighted by molar-refractivity contribution is 5.39. The first-order valence-corrected chi connectivity index (χ1v) is 9.92. The maximum absolute atomic E-state index is 11.2. The van der Waals surface area contributed by atoms with Gasteiger partial charge in [0, 0.05) is 5.41 Å². The van der Waals surface area contributed by atoms with Gasteiger partial charge in [0.25, 0.3) is 0 Å². The summed E-state index contributed by atoms with van der Waals surface area (Å²) in [4.78, 5) is 0. The molecule has 0 aromatic rings. The Morgan fingerprint density at radius 2 is 1.84 bits per heavy atom. The summed E-state index contributed by atoms with van der Waals surface area (Å²) in [5, 5.41) is 32.4. The van der Waals surface area contributed by atoms with E-state index in [1.165, 1.54) is 0 Å². The number of aliphatic hydroxyl groups excluding tert-OH is 2. The topological polar surface area (TPSA) is 60.7 Å². The van der Waals surface area contributed by atoms with Gasteiger partial charge in [0.15, 0.2) is 5.60 Å². The maximum Gasteiger partial charge on any atom is 0.152 e. The Morgan fingerprint density at radius 1 is 1.12 bits per heavy atom. The zero-order valence-electron chi connectivity index (χ0n) is 15.5. The number of terminal acetylenes is 1. The van der Waals surface area contributed by atoms with Gasteiger partial charge in [0.2, 0.25) is 0 Å². The number of hydrogen-bond acceptors (Lipinski definition) is 3. The van der Waals surface area contributed by atoms with Crippen LogP contribution >= 0.6 is 0 Å². The van der Waals surface area contributed by atoms with E-state index in [-0.39, 0.29) is 29.5 Å². The summed E-state index contributed by atoms with van der Waals surface area (Å²) < 4.78 is 0. The van der Waals surface area contributed by atoms with Crippen LogP contribution in [0.4, 0.5) is 0 Å². The monoisotopic (exact) mass is 344 g/mol. The van der Waals surface area contributed by atoms with Crippen LogP contribution in [0.1, 0.15) is 58.8 Å². The van der Waals surface area contributed by atoms with Crippen molar-refractivity contribution in [2.45, 2.75) is 76.6 Å². The van der Waals surface area contributed by atoms with Crippen LogP contribution in [0.2, 0.25) is 0 Å². The van der Waals surface area contributed by atoms with Crippen molar-refractivity contribution in [3.05, 3.63) is 12.2 Å². The average molecular weight is 344 g/mol. The molecule has 9 atom stereocenters. The molecule has 4 fully saturated rings. The highest BCUT2D eigenvalue weighted by Crippen LogP contribution is 2.68. The average Bonchev–Trinajstić information content (AvgIpc) is 2.77. The second-order valence-corrected chi connectivity index (χ2v) is 9.84. The standard InChI is InChI=1S/C22H32O3/c1-5-22(25)13(2)10-17-19-16(7-9-21(17,22)4)20(3)8-6-15(23)11-14(20)12-18(19)24/h1,14-19,23-25H,2,6-12H2,3-4H3/t14-,15-,16?,17?,18?,19?,20-,21-,22+/m0/s1. The molecule has 0 aromatic carbocycles. The van der Waals surface area contributed by atoms with Gasteiger partial charge in [-0.05, 0) is 79.6 Å². The lowest BCUT2D eigenvalue weighted by atomic mass is 9.43. The smallest absolute Gasteiger partial charge is 0.152 e. The normalized spacial score (nSPS) is 58.0. The Hall–Kier alpha value is -0.820. The second kappa shape index (κ2) is 5.35. The van der Waals surface area contributed by atoms with E-state index in [2.05, 4.69) is 26.3 Å². The van der Waals surface area contributed by atoms with Gasteiger partial charge in [-0.3, -0.25) is 0 Å². The molecule has 0 aliphatic heterocycles. The largest absolute Gasteiger partial charge is 0.393 e. The van der Waals surface area contributed by atoms with Crippen LogP contribution in [-0.2, 0) is 0 Å². The third kappa shape index (κ3) is 2.05. The van der Waals surface area contributed by atoms with Crippen molar-refractivity contribution in [2.75, 3.05) is 0 Å². The van der Waals surface area contributed by atoms with Crippen molar-refractivity contribution in [1.29, 1.82) is 0 Å². The lowest BCUT2D eigenvalue weighted by Gasteiger charge is -2.62. The fraction of sp³-hybridized carbons (Fsp3) is 0.818. The molecule has 0 heterocycles. The highest BCUT2D eigenvalue weighted by Gasteiger charge is 2.67. The molecule has 0 bridgehead atoms. The highest BCUT2D eigenvalue weighted by atomic mass is 16.3. The molecule has 4 aliphatic carbocycles. The van der Waals surface area contributed by atoms with Crippen molar-refractivity contribution >= 4 is 0 Å². The predicted octanol–water partition coefficient (Wildman–Crippen LogP) is 2.89. The van der Waals surface area contributed by atoms with Gasteiger partial charge in [0.05, 0.1) is 12.2 Å². The minimum absolute atomic E-state index is 0.175. The molecule has 25 heavy (non-hydrogen) atoms. The van der Waals surface area contributed by atoms with Crippen molar-refractivity contribution in [2.24, 2.45) is 34.5 Å². The third-order valence-corrected chi connectivity index (χ3v) is 9.06. The molecule has 3 heteroatoms. The predicted molar refractivity (Wildman–Crippen MR) is 97.4 cm³/mol. The molecule has 3 N–H and O–H groups in total. The van der Waals surface area contributed by atoms with Crippen LogP contribution in [0.15, 0.2) is 12.2 Å². The first kappa shape index (κ1) is 17.6. The summed E-state index contributed by atoms with van der Waals surface area (Å²) in [6.45, 7) is 8.60. The summed E-state index contributed by atoms with van der Waals surface area (Å²) >= 11 is 0. The first-order valence-electron chi connectivity index (χ1n) is 9.92. The molecule has 138 valence electrons. The summed E-state index contributed by atoms with van der Waals surface area (Å²) in [5.41, 5.74) is -0.703. The Morgan fingerprint density at radius 3 is 2.52 bits per heavy atom. The molecule has 0 radical (unpaired) electrons. The molecule has 3 nitrogen and oxygen atoms in total. The molecular weight excluding hydrogens is 312 g/mol. The number of hydrogen-bond donors (Lipinski definition) is 3. The van der Waals surface area contributed by atoms with Gasteiger partial charge in [-0.2, -0.15) is 0 Å². The van der Waals surface area contributed by atoms with Crippen molar-refractivity contribution < 1.29 is 15.3 Å². The first-order chi connectivity index (χ1) is 11.7. The maximum atomic E-state index is 11.2. The van der Waals surface area contributed by atoms with Crippen molar-refractivity contribution in [1.82, 2.24) is 0 Å². The van der Waals surface area contributed by atoms with Crippen LogP contribution in [0.5, 0.6) is 0 Å². The van der Waals surface area contributed by atoms with E-state index < -0.39 is 11.0 Å². The van der Waals surface area contributed by atoms with Crippen LogP contribution in [-0.4, -0.2) is 33.1 Å². The SMILES string of the molecule is C#C[C@@]1(O)C(=C)CC2C3C(O)C[C@@H]4C[C@@H](O)CC[C@]4(C)C3CC[C@@]21C. The van der Waals surface area contributed by atoms with Crippen LogP contribution in [0.3, 0.4) is 0 Å². The Kier molecular flexibility index (Phi) is 3.76. The summed E-state index contributed by atoms with van der Waals surface area (Å²) in [6, 6.07) is 0. The fourth-order valence-electron chi connectivity index (χ4n) is 7.44. The summed E-state index contributed by atoms with van der Waals surface area (Å²) in [5.74, 6) is 3.86. The van der Waals surface area contributed by atoms with Gasteiger partial charge in [-0.25, -0.2) is 0 Å². The Labute approximate surface area is 151 Å². The summed E-state index contributed by atoms with van der Waals surface area (Å²) in [6.07, 6.45) is 11.3. The molecule has 0 saturated heterocycles. The molecule has 0 spiro atoms. The second-order valence-electron chi connectivity index (χ2n) is 9.84. The molecule has 0 aromatic heterocycles. The molecule has 0 amide bonds. The van der Waals surface area contributed by atoms with Crippen LogP contribution in [0.25, 0.3) is 0 Å².